The first-order valence-electron chi connectivity index (χ1n) is 6.34. The van der Waals surface area contributed by atoms with E-state index in [0.717, 1.165) is 4.90 Å². The van der Waals surface area contributed by atoms with Crippen molar-refractivity contribution in [3.05, 3.63) is 57.0 Å². The highest BCUT2D eigenvalue weighted by atomic mass is 35.5. The number of nitrogens with zero attached hydrogens (tertiary/aromatic N) is 1. The number of amides is 1. The highest BCUT2D eigenvalue weighted by Crippen LogP contribution is 2.29. The molecule has 0 saturated heterocycles. The zero-order valence-electron chi connectivity index (χ0n) is 11.6. The lowest BCUT2D eigenvalue weighted by Gasteiger charge is -2.03. The zero-order chi connectivity index (χ0) is 16.8. The van der Waals surface area contributed by atoms with Crippen LogP contribution in [0.3, 0.4) is 0 Å². The van der Waals surface area contributed by atoms with Crippen molar-refractivity contribution in [2.75, 3.05) is 5.75 Å². The lowest BCUT2D eigenvalue weighted by atomic mass is 10.2. The summed E-state index contributed by atoms with van der Waals surface area (Å²) >= 11 is 18.8. The van der Waals surface area contributed by atoms with E-state index in [-0.39, 0.29) is 22.4 Å². The summed E-state index contributed by atoms with van der Waals surface area (Å²) in [5.74, 6) is -0.236. The molecule has 120 valence electrons. The van der Waals surface area contributed by atoms with Gasteiger partial charge in [0, 0.05) is 20.5 Å². The number of phenols is 1. The van der Waals surface area contributed by atoms with Crippen molar-refractivity contribution in [1.82, 2.24) is 5.43 Å². The smallest absolute Gasteiger partial charge is 0.250 e. The van der Waals surface area contributed by atoms with Gasteiger partial charge in [-0.3, -0.25) is 4.79 Å². The number of nitrogens with one attached hydrogen (secondary N) is 1. The molecule has 2 aromatic carbocycles. The Kier molecular flexibility index (Phi) is 6.59. The highest BCUT2D eigenvalue weighted by molar-refractivity contribution is 8.00. The summed E-state index contributed by atoms with van der Waals surface area (Å²) in [5, 5.41) is 14.6. The molecule has 23 heavy (non-hydrogen) atoms. The van der Waals surface area contributed by atoms with Crippen LogP contribution >= 0.6 is 46.6 Å². The van der Waals surface area contributed by atoms with Crippen LogP contribution in [0.4, 0.5) is 0 Å². The minimum absolute atomic E-state index is 0.114. The number of phenolic OH excluding ortho intramolecular Hbond substituents is 1. The second-order valence-electron chi connectivity index (χ2n) is 4.36. The third kappa shape index (κ3) is 5.62. The van der Waals surface area contributed by atoms with Gasteiger partial charge in [0.25, 0.3) is 0 Å². The van der Waals surface area contributed by atoms with Crippen molar-refractivity contribution in [1.29, 1.82) is 0 Å². The molecule has 0 heterocycles. The molecule has 2 N–H and O–H groups in total. The molecule has 4 nitrogen and oxygen atoms in total. The minimum atomic E-state index is -0.284. The van der Waals surface area contributed by atoms with Gasteiger partial charge in [0.2, 0.25) is 5.91 Å². The van der Waals surface area contributed by atoms with Crippen molar-refractivity contribution in [3.63, 3.8) is 0 Å². The van der Waals surface area contributed by atoms with Gasteiger partial charge in [0.05, 0.1) is 17.0 Å². The normalized spacial score (nSPS) is 10.9. The van der Waals surface area contributed by atoms with Crippen LogP contribution in [0, 0.1) is 0 Å². The number of carbonyl (C=O) groups excluding carboxylic acids is 1. The predicted molar refractivity (Wildman–Crippen MR) is 96.0 cm³/mol. The topological polar surface area (TPSA) is 61.7 Å². The van der Waals surface area contributed by atoms with Crippen LogP contribution in [0.15, 0.2) is 46.4 Å². The van der Waals surface area contributed by atoms with Crippen molar-refractivity contribution in [2.45, 2.75) is 4.90 Å². The van der Waals surface area contributed by atoms with Crippen molar-refractivity contribution < 1.29 is 9.90 Å². The van der Waals surface area contributed by atoms with E-state index in [0.29, 0.717) is 15.6 Å². The van der Waals surface area contributed by atoms with E-state index in [4.69, 9.17) is 34.8 Å². The first kappa shape index (κ1) is 17.9. The maximum Gasteiger partial charge on any atom is 0.250 e. The van der Waals surface area contributed by atoms with Crippen LogP contribution in [0.2, 0.25) is 15.1 Å². The minimum Gasteiger partial charge on any atom is -0.506 e. The molecule has 0 aliphatic heterocycles. The van der Waals surface area contributed by atoms with E-state index in [1.165, 1.54) is 30.1 Å². The van der Waals surface area contributed by atoms with E-state index in [1.54, 1.807) is 12.1 Å². The number of hydrogen-bond acceptors (Lipinski definition) is 4. The van der Waals surface area contributed by atoms with E-state index >= 15 is 0 Å². The Morgan fingerprint density at radius 3 is 2.57 bits per heavy atom. The van der Waals surface area contributed by atoms with Crippen LogP contribution in [-0.4, -0.2) is 23.0 Å². The molecule has 0 aromatic heterocycles. The number of halogens is 3. The fraction of sp³-hybridized carbons (Fsp3) is 0.0667. The Hall–Kier alpha value is -1.40. The van der Waals surface area contributed by atoms with Crippen LogP contribution in [0.5, 0.6) is 5.75 Å². The molecule has 0 unspecified atom stereocenters. The lowest BCUT2D eigenvalue weighted by molar-refractivity contribution is -0.118. The summed E-state index contributed by atoms with van der Waals surface area (Å²) in [7, 11) is 0. The number of rotatable bonds is 5. The number of thioether (sulfide) groups is 1. The van der Waals surface area contributed by atoms with E-state index in [2.05, 4.69) is 10.5 Å². The second kappa shape index (κ2) is 8.45. The maximum absolute atomic E-state index is 11.7. The van der Waals surface area contributed by atoms with Crippen LogP contribution in [-0.2, 0) is 4.79 Å². The van der Waals surface area contributed by atoms with Gasteiger partial charge in [-0.15, -0.1) is 11.8 Å². The Labute approximate surface area is 152 Å². The average Bonchev–Trinajstić information content (AvgIpc) is 2.51. The fourth-order valence-corrected chi connectivity index (χ4v) is 2.90. The molecule has 2 rings (SSSR count). The summed E-state index contributed by atoms with van der Waals surface area (Å²) in [6.45, 7) is 0. The van der Waals surface area contributed by atoms with Gasteiger partial charge >= 0.3 is 0 Å². The fourth-order valence-electron chi connectivity index (χ4n) is 1.57. The predicted octanol–water partition coefficient (Wildman–Crippen LogP) is 4.59. The van der Waals surface area contributed by atoms with Gasteiger partial charge in [-0.05, 0) is 36.4 Å². The number of benzene rings is 2. The monoisotopic (exact) mass is 388 g/mol. The average molecular weight is 390 g/mol. The molecule has 0 aliphatic rings. The number of carbonyl (C=O) groups is 1. The Balaban J connectivity index is 1.88. The molecule has 0 aliphatic carbocycles. The van der Waals surface area contributed by atoms with Gasteiger partial charge in [0.15, 0.2) is 0 Å². The zero-order valence-corrected chi connectivity index (χ0v) is 14.7. The standard InChI is InChI=1S/C15H11Cl3N2O2S/c16-10-1-3-12(4-2-10)23-8-14(21)20-19-7-9-5-11(17)6-13(18)15(9)22/h1-7,22H,8H2,(H,20,21)/b19-7-. The van der Waals surface area contributed by atoms with E-state index < -0.39 is 0 Å². The number of aromatic hydroxyl groups is 1. The van der Waals surface area contributed by atoms with E-state index in [9.17, 15) is 9.90 Å². The summed E-state index contributed by atoms with van der Waals surface area (Å²) in [6, 6.07) is 10.1. The quantitative estimate of drug-likeness (QED) is 0.446. The van der Waals surface area contributed by atoms with Gasteiger partial charge < -0.3 is 5.11 Å². The summed E-state index contributed by atoms with van der Waals surface area (Å²) in [6.07, 6.45) is 1.28. The van der Waals surface area contributed by atoms with E-state index in [1.807, 2.05) is 12.1 Å². The molecule has 0 radical (unpaired) electrons. The molecule has 8 heteroatoms. The molecule has 0 saturated carbocycles. The first-order valence-corrected chi connectivity index (χ1v) is 8.46. The first-order chi connectivity index (χ1) is 11.0. The SMILES string of the molecule is O=C(CSc1ccc(Cl)cc1)N/N=C\c1cc(Cl)cc(Cl)c1O. The molecule has 0 bridgehead atoms. The third-order valence-electron chi connectivity index (χ3n) is 2.63. The summed E-state index contributed by atoms with van der Waals surface area (Å²) in [4.78, 5) is 12.6. The molecule has 0 fully saturated rings. The molecule has 0 atom stereocenters. The number of hydrogen-bond donors (Lipinski definition) is 2. The van der Waals surface area contributed by atoms with Crippen LogP contribution in [0.25, 0.3) is 0 Å². The number of hydrazone groups is 1. The molecule has 2 aromatic rings. The van der Waals surface area contributed by atoms with Gasteiger partial charge in [-0.1, -0.05) is 34.8 Å². The molecule has 0 spiro atoms. The Morgan fingerprint density at radius 2 is 1.87 bits per heavy atom. The molecule has 1 amide bonds. The largest absolute Gasteiger partial charge is 0.506 e. The summed E-state index contributed by atoms with van der Waals surface area (Å²) < 4.78 is 0. The van der Waals surface area contributed by atoms with Crippen molar-refractivity contribution in [2.24, 2.45) is 5.10 Å². The Morgan fingerprint density at radius 1 is 1.17 bits per heavy atom. The molecular formula is C15H11Cl3N2O2S. The van der Waals surface area contributed by atoms with Gasteiger partial charge in [-0.2, -0.15) is 5.10 Å². The second-order valence-corrected chi connectivity index (χ2v) is 6.69. The third-order valence-corrected chi connectivity index (χ3v) is 4.40. The van der Waals surface area contributed by atoms with Crippen molar-refractivity contribution in [3.8, 4) is 5.75 Å². The van der Waals surface area contributed by atoms with Gasteiger partial charge in [-0.25, -0.2) is 5.43 Å². The highest BCUT2D eigenvalue weighted by Gasteiger charge is 2.06. The van der Waals surface area contributed by atoms with Crippen molar-refractivity contribution >= 4 is 58.7 Å². The lowest BCUT2D eigenvalue weighted by Crippen LogP contribution is -2.19. The summed E-state index contributed by atoms with van der Waals surface area (Å²) in [5.41, 5.74) is 2.68. The van der Waals surface area contributed by atoms with Crippen LogP contribution in [0.1, 0.15) is 5.56 Å². The Bertz CT molecular complexity index is 736. The van der Waals surface area contributed by atoms with Gasteiger partial charge in [0.1, 0.15) is 5.75 Å². The molecular weight excluding hydrogens is 379 g/mol. The maximum atomic E-state index is 11.7. The van der Waals surface area contributed by atoms with Crippen LogP contribution < -0.4 is 5.43 Å².